The number of rotatable bonds is 13. The summed E-state index contributed by atoms with van der Waals surface area (Å²) >= 11 is 0. The van der Waals surface area contributed by atoms with Crippen molar-refractivity contribution in [2.24, 2.45) is 5.92 Å². The molecule has 2 unspecified atom stereocenters. The molecular weight excluding hydrogens is 220 g/mol. The van der Waals surface area contributed by atoms with Crippen molar-refractivity contribution in [1.29, 1.82) is 0 Å². The van der Waals surface area contributed by atoms with E-state index in [9.17, 15) is 5.11 Å². The second-order valence-electron chi connectivity index (χ2n) is 5.89. The van der Waals surface area contributed by atoms with Gasteiger partial charge in [-0.25, -0.2) is 0 Å². The molecule has 1 N–H and O–H groups in total. The monoisotopic (exact) mass is 256 g/mol. The van der Waals surface area contributed by atoms with E-state index in [0.29, 0.717) is 0 Å². The molecular formula is C17H36O. The Kier molecular flexibility index (Phi) is 13.4. The first kappa shape index (κ1) is 18.0. The molecule has 0 fully saturated rings. The number of aliphatic hydroxyl groups is 1. The summed E-state index contributed by atoms with van der Waals surface area (Å²) in [5.41, 5.74) is 0. The molecule has 0 saturated heterocycles. The average Bonchev–Trinajstić information content (AvgIpc) is 2.36. The third-order valence-corrected chi connectivity index (χ3v) is 3.93. The summed E-state index contributed by atoms with van der Waals surface area (Å²) in [6, 6.07) is 0. The molecule has 0 rings (SSSR count). The molecule has 0 aromatic rings. The van der Waals surface area contributed by atoms with Gasteiger partial charge in [-0.3, -0.25) is 0 Å². The molecule has 0 aliphatic heterocycles. The average molecular weight is 256 g/mol. The van der Waals surface area contributed by atoms with Crippen LogP contribution in [0, 0.1) is 5.92 Å². The molecule has 2 atom stereocenters. The minimum atomic E-state index is -0.0416. The van der Waals surface area contributed by atoms with Gasteiger partial charge in [-0.15, -0.1) is 0 Å². The molecule has 0 bridgehead atoms. The SMILES string of the molecule is CCCCCC(O)CC(CCCC)CCCCC. The van der Waals surface area contributed by atoms with Gasteiger partial charge in [-0.05, 0) is 18.8 Å². The van der Waals surface area contributed by atoms with E-state index in [1.807, 2.05) is 0 Å². The predicted octanol–water partition coefficient (Wildman–Crippen LogP) is 5.70. The number of unbranched alkanes of at least 4 members (excludes halogenated alkanes) is 5. The Morgan fingerprint density at radius 1 is 0.667 bits per heavy atom. The van der Waals surface area contributed by atoms with Gasteiger partial charge in [-0.2, -0.15) is 0 Å². The van der Waals surface area contributed by atoms with Gasteiger partial charge in [-0.1, -0.05) is 85.0 Å². The second-order valence-corrected chi connectivity index (χ2v) is 5.89. The lowest BCUT2D eigenvalue weighted by Gasteiger charge is -2.20. The molecule has 0 heterocycles. The molecule has 0 aliphatic rings. The second kappa shape index (κ2) is 13.4. The smallest absolute Gasteiger partial charge is 0.0542 e. The van der Waals surface area contributed by atoms with Gasteiger partial charge in [0.15, 0.2) is 0 Å². The fourth-order valence-electron chi connectivity index (χ4n) is 2.69. The minimum Gasteiger partial charge on any atom is -0.393 e. The van der Waals surface area contributed by atoms with Crippen molar-refractivity contribution in [2.45, 2.75) is 104 Å². The highest BCUT2D eigenvalue weighted by Crippen LogP contribution is 2.23. The van der Waals surface area contributed by atoms with Crippen molar-refractivity contribution in [3.63, 3.8) is 0 Å². The van der Waals surface area contributed by atoms with Crippen LogP contribution in [0.3, 0.4) is 0 Å². The standard InChI is InChI=1S/C17H36O/c1-4-7-10-13-16(12-9-6-3)15-17(18)14-11-8-5-2/h16-18H,4-15H2,1-3H3. The fourth-order valence-corrected chi connectivity index (χ4v) is 2.69. The highest BCUT2D eigenvalue weighted by Gasteiger charge is 2.13. The van der Waals surface area contributed by atoms with Crippen LogP contribution >= 0.6 is 0 Å². The number of hydrogen-bond donors (Lipinski definition) is 1. The Morgan fingerprint density at radius 2 is 1.17 bits per heavy atom. The van der Waals surface area contributed by atoms with Gasteiger partial charge >= 0.3 is 0 Å². The lowest BCUT2D eigenvalue weighted by Crippen LogP contribution is -2.14. The van der Waals surface area contributed by atoms with E-state index in [2.05, 4.69) is 20.8 Å². The maximum absolute atomic E-state index is 10.1. The van der Waals surface area contributed by atoms with E-state index in [0.717, 1.165) is 18.8 Å². The predicted molar refractivity (Wildman–Crippen MR) is 81.9 cm³/mol. The first-order valence-electron chi connectivity index (χ1n) is 8.42. The maximum atomic E-state index is 10.1. The van der Waals surface area contributed by atoms with Crippen LogP contribution in [0.2, 0.25) is 0 Å². The number of aliphatic hydroxyl groups excluding tert-OH is 1. The molecule has 0 spiro atoms. The molecule has 0 aromatic carbocycles. The van der Waals surface area contributed by atoms with E-state index in [4.69, 9.17) is 0 Å². The van der Waals surface area contributed by atoms with E-state index >= 15 is 0 Å². The van der Waals surface area contributed by atoms with Gasteiger partial charge in [0.1, 0.15) is 0 Å². The van der Waals surface area contributed by atoms with Gasteiger partial charge in [0, 0.05) is 0 Å². The zero-order valence-corrected chi connectivity index (χ0v) is 13.1. The summed E-state index contributed by atoms with van der Waals surface area (Å²) in [7, 11) is 0. The largest absolute Gasteiger partial charge is 0.393 e. The Labute approximate surface area is 115 Å². The third kappa shape index (κ3) is 11.1. The zero-order chi connectivity index (χ0) is 13.6. The quantitative estimate of drug-likeness (QED) is 0.419. The summed E-state index contributed by atoms with van der Waals surface area (Å²) in [4.78, 5) is 0. The van der Waals surface area contributed by atoms with Crippen molar-refractivity contribution >= 4 is 0 Å². The van der Waals surface area contributed by atoms with E-state index in [1.165, 1.54) is 64.2 Å². The Bertz CT molecular complexity index is 156. The van der Waals surface area contributed by atoms with Crippen molar-refractivity contribution in [3.8, 4) is 0 Å². The van der Waals surface area contributed by atoms with Gasteiger partial charge < -0.3 is 5.11 Å². The molecule has 0 aliphatic carbocycles. The molecule has 0 radical (unpaired) electrons. The molecule has 110 valence electrons. The first-order chi connectivity index (χ1) is 8.74. The van der Waals surface area contributed by atoms with Gasteiger partial charge in [0.2, 0.25) is 0 Å². The van der Waals surface area contributed by atoms with Crippen LogP contribution in [0.1, 0.15) is 97.8 Å². The Morgan fingerprint density at radius 3 is 1.72 bits per heavy atom. The highest BCUT2D eigenvalue weighted by molar-refractivity contribution is 4.66. The van der Waals surface area contributed by atoms with E-state index < -0.39 is 0 Å². The molecule has 18 heavy (non-hydrogen) atoms. The minimum absolute atomic E-state index is 0.0416. The first-order valence-corrected chi connectivity index (χ1v) is 8.42. The third-order valence-electron chi connectivity index (χ3n) is 3.93. The summed E-state index contributed by atoms with van der Waals surface area (Å²) in [5.74, 6) is 0.771. The van der Waals surface area contributed by atoms with Gasteiger partial charge in [0.05, 0.1) is 6.10 Å². The number of hydrogen-bond acceptors (Lipinski definition) is 1. The van der Waals surface area contributed by atoms with Crippen LogP contribution in [0.25, 0.3) is 0 Å². The van der Waals surface area contributed by atoms with Crippen molar-refractivity contribution < 1.29 is 5.11 Å². The lowest BCUT2D eigenvalue weighted by atomic mass is 9.89. The summed E-state index contributed by atoms with van der Waals surface area (Å²) in [6.45, 7) is 6.75. The van der Waals surface area contributed by atoms with Crippen LogP contribution in [-0.2, 0) is 0 Å². The summed E-state index contributed by atoms with van der Waals surface area (Å²) in [6.07, 6.45) is 15.0. The molecule has 0 aromatic heterocycles. The normalized spacial score (nSPS) is 14.7. The maximum Gasteiger partial charge on any atom is 0.0542 e. The van der Waals surface area contributed by atoms with Crippen LogP contribution in [-0.4, -0.2) is 11.2 Å². The Hall–Kier alpha value is -0.0400. The summed E-state index contributed by atoms with van der Waals surface area (Å²) in [5, 5.41) is 10.1. The van der Waals surface area contributed by atoms with Crippen molar-refractivity contribution in [2.75, 3.05) is 0 Å². The topological polar surface area (TPSA) is 20.2 Å². The fraction of sp³-hybridized carbons (Fsp3) is 1.00. The van der Waals surface area contributed by atoms with Crippen molar-refractivity contribution in [3.05, 3.63) is 0 Å². The summed E-state index contributed by atoms with van der Waals surface area (Å²) < 4.78 is 0. The van der Waals surface area contributed by atoms with Crippen LogP contribution < -0.4 is 0 Å². The van der Waals surface area contributed by atoms with Crippen LogP contribution in [0.15, 0.2) is 0 Å². The Balaban J connectivity index is 3.80. The molecule has 1 heteroatoms. The highest BCUT2D eigenvalue weighted by atomic mass is 16.3. The molecule has 0 amide bonds. The van der Waals surface area contributed by atoms with E-state index in [-0.39, 0.29) is 6.10 Å². The molecule has 1 nitrogen and oxygen atoms in total. The van der Waals surface area contributed by atoms with E-state index in [1.54, 1.807) is 0 Å². The molecule has 0 saturated carbocycles. The lowest BCUT2D eigenvalue weighted by molar-refractivity contribution is 0.123. The zero-order valence-electron chi connectivity index (χ0n) is 13.1. The van der Waals surface area contributed by atoms with Crippen molar-refractivity contribution in [1.82, 2.24) is 0 Å². The van der Waals surface area contributed by atoms with Crippen LogP contribution in [0.5, 0.6) is 0 Å². The van der Waals surface area contributed by atoms with Gasteiger partial charge in [0.25, 0.3) is 0 Å². The van der Waals surface area contributed by atoms with Crippen LogP contribution in [0.4, 0.5) is 0 Å².